The number of benzene rings is 1. The molecule has 1 unspecified atom stereocenters. The maximum Gasteiger partial charge on any atom is 0.275 e. The van der Waals surface area contributed by atoms with E-state index in [1.165, 1.54) is 35.3 Å². The SMILES string of the molecule is C[C@H]1CCCC[C@H]1NC(=O)C[NH+]1CCc2ccccc2C1. The lowest BCUT2D eigenvalue weighted by atomic mass is 9.86. The van der Waals surface area contributed by atoms with E-state index in [0.29, 0.717) is 18.5 Å². The Balaban J connectivity index is 1.52. The summed E-state index contributed by atoms with van der Waals surface area (Å²) in [4.78, 5) is 13.7. The number of carbonyl (C=O) groups excluding carboxylic acids is 1. The molecule has 0 bridgehead atoms. The highest BCUT2D eigenvalue weighted by atomic mass is 16.2. The maximum atomic E-state index is 12.3. The minimum Gasteiger partial charge on any atom is -0.348 e. The minimum atomic E-state index is 0.239. The van der Waals surface area contributed by atoms with Gasteiger partial charge in [0.2, 0.25) is 0 Å². The number of hydrogen-bond acceptors (Lipinski definition) is 1. The predicted molar refractivity (Wildman–Crippen MR) is 84.1 cm³/mol. The smallest absolute Gasteiger partial charge is 0.275 e. The number of hydrogen-bond donors (Lipinski definition) is 2. The van der Waals surface area contributed by atoms with Crippen LogP contribution in [0.3, 0.4) is 0 Å². The lowest BCUT2D eigenvalue weighted by molar-refractivity contribution is -0.908. The molecule has 1 aromatic rings. The molecule has 3 nitrogen and oxygen atoms in total. The normalized spacial score (nSPS) is 28.7. The third kappa shape index (κ3) is 3.65. The molecule has 0 radical (unpaired) electrons. The second-order valence-corrected chi connectivity index (χ2v) is 6.81. The number of amides is 1. The molecule has 0 aromatic heterocycles. The molecule has 0 saturated heterocycles. The van der Waals surface area contributed by atoms with Gasteiger partial charge in [-0.2, -0.15) is 0 Å². The summed E-state index contributed by atoms with van der Waals surface area (Å²) in [7, 11) is 0. The molecule has 3 heteroatoms. The van der Waals surface area contributed by atoms with Gasteiger partial charge in [0.25, 0.3) is 5.91 Å². The van der Waals surface area contributed by atoms with Crippen LogP contribution in [0, 0.1) is 5.92 Å². The molecular formula is C18H27N2O+. The molecule has 1 aliphatic carbocycles. The van der Waals surface area contributed by atoms with Crippen molar-refractivity contribution < 1.29 is 9.69 Å². The predicted octanol–water partition coefficient (Wildman–Crippen LogP) is 1.32. The average Bonchev–Trinajstić information content (AvgIpc) is 2.49. The third-order valence-electron chi connectivity index (χ3n) is 5.18. The van der Waals surface area contributed by atoms with Gasteiger partial charge < -0.3 is 10.2 Å². The first-order chi connectivity index (χ1) is 10.2. The zero-order valence-corrected chi connectivity index (χ0v) is 13.0. The fourth-order valence-electron chi connectivity index (χ4n) is 3.81. The van der Waals surface area contributed by atoms with Gasteiger partial charge in [0.05, 0.1) is 6.54 Å². The molecule has 1 heterocycles. The van der Waals surface area contributed by atoms with Crippen LogP contribution >= 0.6 is 0 Å². The summed E-state index contributed by atoms with van der Waals surface area (Å²) in [6, 6.07) is 9.04. The van der Waals surface area contributed by atoms with Crippen molar-refractivity contribution in [1.82, 2.24) is 5.32 Å². The van der Waals surface area contributed by atoms with Crippen LogP contribution < -0.4 is 10.2 Å². The van der Waals surface area contributed by atoms with Gasteiger partial charge in [0.1, 0.15) is 6.54 Å². The Morgan fingerprint density at radius 2 is 2.00 bits per heavy atom. The van der Waals surface area contributed by atoms with Crippen LogP contribution in [0.25, 0.3) is 0 Å². The molecular weight excluding hydrogens is 260 g/mol. The lowest BCUT2D eigenvalue weighted by Gasteiger charge is -2.30. The number of nitrogens with one attached hydrogen (secondary N) is 2. The van der Waals surface area contributed by atoms with Crippen LogP contribution in [0.2, 0.25) is 0 Å². The Labute approximate surface area is 127 Å². The topological polar surface area (TPSA) is 33.5 Å². The number of fused-ring (bicyclic) bond motifs is 1. The van der Waals surface area contributed by atoms with Gasteiger partial charge in [-0.25, -0.2) is 0 Å². The summed E-state index contributed by atoms with van der Waals surface area (Å²) in [5, 5.41) is 3.28. The Morgan fingerprint density at radius 1 is 1.24 bits per heavy atom. The first kappa shape index (κ1) is 14.6. The molecule has 2 N–H and O–H groups in total. The van der Waals surface area contributed by atoms with Gasteiger partial charge in [-0.05, 0) is 24.3 Å². The zero-order valence-electron chi connectivity index (χ0n) is 13.0. The van der Waals surface area contributed by atoms with E-state index in [-0.39, 0.29) is 5.91 Å². The van der Waals surface area contributed by atoms with E-state index >= 15 is 0 Å². The highest BCUT2D eigenvalue weighted by Gasteiger charge is 2.26. The molecule has 21 heavy (non-hydrogen) atoms. The van der Waals surface area contributed by atoms with E-state index in [1.54, 1.807) is 0 Å². The van der Waals surface area contributed by atoms with E-state index in [2.05, 4.69) is 36.5 Å². The van der Waals surface area contributed by atoms with Crippen molar-refractivity contribution in [1.29, 1.82) is 0 Å². The number of carbonyl (C=O) groups is 1. The minimum absolute atomic E-state index is 0.239. The highest BCUT2D eigenvalue weighted by Crippen LogP contribution is 2.23. The first-order valence-corrected chi connectivity index (χ1v) is 8.42. The van der Waals surface area contributed by atoms with E-state index in [0.717, 1.165) is 25.9 Å². The monoisotopic (exact) mass is 287 g/mol. The van der Waals surface area contributed by atoms with Crippen molar-refractivity contribution in [3.63, 3.8) is 0 Å². The summed E-state index contributed by atoms with van der Waals surface area (Å²) < 4.78 is 0. The van der Waals surface area contributed by atoms with Crippen molar-refractivity contribution in [2.24, 2.45) is 5.92 Å². The summed E-state index contributed by atoms with van der Waals surface area (Å²) in [5.74, 6) is 0.878. The molecule has 1 aromatic carbocycles. The zero-order chi connectivity index (χ0) is 14.7. The van der Waals surface area contributed by atoms with Gasteiger partial charge in [-0.1, -0.05) is 44.0 Å². The fourth-order valence-corrected chi connectivity index (χ4v) is 3.81. The van der Waals surface area contributed by atoms with Crippen LogP contribution in [-0.2, 0) is 17.8 Å². The van der Waals surface area contributed by atoms with Crippen LogP contribution in [0.1, 0.15) is 43.7 Å². The molecule has 3 atom stereocenters. The maximum absolute atomic E-state index is 12.3. The molecule has 3 rings (SSSR count). The Kier molecular flexibility index (Phi) is 4.59. The lowest BCUT2D eigenvalue weighted by Crippen LogP contribution is -3.13. The van der Waals surface area contributed by atoms with E-state index < -0.39 is 0 Å². The van der Waals surface area contributed by atoms with Gasteiger partial charge >= 0.3 is 0 Å². The number of rotatable bonds is 3. The molecule has 2 aliphatic rings. The van der Waals surface area contributed by atoms with Crippen molar-refractivity contribution in [2.45, 2.75) is 51.6 Å². The van der Waals surface area contributed by atoms with E-state index in [1.807, 2.05) is 0 Å². The van der Waals surface area contributed by atoms with E-state index in [9.17, 15) is 4.79 Å². The van der Waals surface area contributed by atoms with Crippen LogP contribution in [-0.4, -0.2) is 25.0 Å². The van der Waals surface area contributed by atoms with Gasteiger partial charge in [0, 0.05) is 18.0 Å². The summed E-state index contributed by atoms with van der Waals surface area (Å²) >= 11 is 0. The Hall–Kier alpha value is -1.35. The average molecular weight is 287 g/mol. The van der Waals surface area contributed by atoms with Crippen molar-refractivity contribution >= 4 is 5.91 Å². The highest BCUT2D eigenvalue weighted by molar-refractivity contribution is 5.77. The summed E-state index contributed by atoms with van der Waals surface area (Å²) in [6.07, 6.45) is 6.10. The summed E-state index contributed by atoms with van der Waals surface area (Å²) in [5.41, 5.74) is 2.88. The van der Waals surface area contributed by atoms with Crippen molar-refractivity contribution in [2.75, 3.05) is 13.1 Å². The largest absolute Gasteiger partial charge is 0.348 e. The van der Waals surface area contributed by atoms with Crippen LogP contribution in [0.5, 0.6) is 0 Å². The molecule has 1 amide bonds. The van der Waals surface area contributed by atoms with Crippen LogP contribution in [0.4, 0.5) is 0 Å². The number of quaternary nitrogens is 1. The van der Waals surface area contributed by atoms with Crippen LogP contribution in [0.15, 0.2) is 24.3 Å². The third-order valence-corrected chi connectivity index (χ3v) is 5.18. The van der Waals surface area contributed by atoms with Crippen molar-refractivity contribution in [3.8, 4) is 0 Å². The standard InChI is InChI=1S/C18H26N2O/c1-14-6-2-5-9-17(14)19-18(21)13-20-11-10-15-7-3-4-8-16(15)12-20/h3-4,7-8,14,17H,2,5-6,9-13H2,1H3,(H,19,21)/p+1/t14-,17+/m0/s1. The first-order valence-electron chi connectivity index (χ1n) is 8.42. The van der Waals surface area contributed by atoms with Gasteiger partial charge in [-0.15, -0.1) is 0 Å². The van der Waals surface area contributed by atoms with Crippen molar-refractivity contribution in [3.05, 3.63) is 35.4 Å². The van der Waals surface area contributed by atoms with E-state index in [4.69, 9.17) is 0 Å². The second-order valence-electron chi connectivity index (χ2n) is 6.81. The Bertz CT molecular complexity index is 500. The Morgan fingerprint density at radius 3 is 2.81 bits per heavy atom. The molecule has 1 saturated carbocycles. The molecule has 1 aliphatic heterocycles. The summed E-state index contributed by atoms with van der Waals surface area (Å²) in [6.45, 7) is 4.96. The molecule has 1 fully saturated rings. The van der Waals surface area contributed by atoms with Gasteiger partial charge in [0.15, 0.2) is 6.54 Å². The molecule has 114 valence electrons. The fraction of sp³-hybridized carbons (Fsp3) is 0.611. The second kappa shape index (κ2) is 6.61. The quantitative estimate of drug-likeness (QED) is 0.864. The van der Waals surface area contributed by atoms with Gasteiger partial charge in [-0.3, -0.25) is 4.79 Å². The molecule has 0 spiro atoms.